The van der Waals surface area contributed by atoms with Crippen LogP contribution < -0.4 is 5.32 Å². The largest absolute Gasteiger partial charge is 0.355 e. The number of benzene rings is 2. The van der Waals surface area contributed by atoms with Crippen LogP contribution in [0, 0.1) is 0 Å². The van der Waals surface area contributed by atoms with Gasteiger partial charge in [-0.2, -0.15) is 0 Å². The molecule has 1 unspecified atom stereocenters. The quantitative estimate of drug-likeness (QED) is 0.658. The number of aliphatic imine (C=N–C) groups is 1. The van der Waals surface area contributed by atoms with Crippen LogP contribution in [0.1, 0.15) is 30.6 Å². The van der Waals surface area contributed by atoms with Crippen molar-refractivity contribution in [3.05, 3.63) is 71.8 Å². The van der Waals surface area contributed by atoms with Crippen LogP contribution >= 0.6 is 12.2 Å². The lowest BCUT2D eigenvalue weighted by Crippen LogP contribution is -2.25. The summed E-state index contributed by atoms with van der Waals surface area (Å²) in [5, 5.41) is 3.29. The van der Waals surface area contributed by atoms with Gasteiger partial charge in [0, 0.05) is 6.21 Å². The Kier molecular flexibility index (Phi) is 5.44. The fourth-order valence-electron chi connectivity index (χ4n) is 1.80. The van der Waals surface area contributed by atoms with Gasteiger partial charge in [0.15, 0.2) is 0 Å². The van der Waals surface area contributed by atoms with E-state index in [0.717, 1.165) is 22.5 Å². The Morgan fingerprint density at radius 2 is 1.70 bits per heavy atom. The third-order valence-corrected chi connectivity index (χ3v) is 3.31. The first-order valence-electron chi connectivity index (χ1n) is 6.72. The fourth-order valence-corrected chi connectivity index (χ4v) is 1.91. The molecule has 0 fully saturated rings. The zero-order chi connectivity index (χ0) is 14.2. The van der Waals surface area contributed by atoms with Crippen molar-refractivity contribution in [3.63, 3.8) is 0 Å². The van der Waals surface area contributed by atoms with Crippen LogP contribution in [0.2, 0.25) is 0 Å². The van der Waals surface area contributed by atoms with Crippen molar-refractivity contribution in [3.8, 4) is 0 Å². The van der Waals surface area contributed by atoms with E-state index in [2.05, 4.69) is 22.4 Å². The van der Waals surface area contributed by atoms with E-state index in [9.17, 15) is 0 Å². The first-order chi connectivity index (χ1) is 9.79. The molecule has 0 aromatic heterocycles. The molecule has 3 heteroatoms. The standard InChI is InChI=1S/C17H18N2S/c1-2-16(20)19-17(15-11-7-4-8-12-15)18-13-14-9-5-3-6-10-14/h3-13,17H,2H2,1H3,(H,19,20)/b18-13+. The normalized spacial score (nSPS) is 12.2. The van der Waals surface area contributed by atoms with Crippen molar-refractivity contribution in [2.75, 3.05) is 0 Å². The second kappa shape index (κ2) is 7.56. The van der Waals surface area contributed by atoms with E-state index in [1.54, 1.807) is 0 Å². The number of thiocarbonyl (C=S) groups is 1. The van der Waals surface area contributed by atoms with Gasteiger partial charge in [-0.1, -0.05) is 79.8 Å². The lowest BCUT2D eigenvalue weighted by atomic mass is 10.1. The van der Waals surface area contributed by atoms with Gasteiger partial charge in [-0.15, -0.1) is 0 Å². The molecule has 2 nitrogen and oxygen atoms in total. The van der Waals surface area contributed by atoms with E-state index in [1.165, 1.54) is 0 Å². The highest BCUT2D eigenvalue weighted by Crippen LogP contribution is 2.14. The minimum absolute atomic E-state index is 0.135. The predicted octanol–water partition coefficient (Wildman–Crippen LogP) is 4.13. The van der Waals surface area contributed by atoms with E-state index in [4.69, 9.17) is 12.2 Å². The summed E-state index contributed by atoms with van der Waals surface area (Å²) in [6.07, 6.45) is 2.56. The molecule has 0 heterocycles. The Labute approximate surface area is 125 Å². The summed E-state index contributed by atoms with van der Waals surface area (Å²) in [5.74, 6) is 0. The van der Waals surface area contributed by atoms with Crippen LogP contribution in [0.5, 0.6) is 0 Å². The Balaban J connectivity index is 2.19. The number of hydrogen-bond donors (Lipinski definition) is 1. The van der Waals surface area contributed by atoms with Crippen LogP contribution in [-0.4, -0.2) is 11.2 Å². The maximum atomic E-state index is 5.28. The first kappa shape index (κ1) is 14.4. The average Bonchev–Trinajstić information content (AvgIpc) is 2.53. The second-order valence-electron chi connectivity index (χ2n) is 4.42. The molecule has 1 atom stereocenters. The zero-order valence-electron chi connectivity index (χ0n) is 11.5. The summed E-state index contributed by atoms with van der Waals surface area (Å²) >= 11 is 5.28. The van der Waals surface area contributed by atoms with Crippen LogP contribution in [0.4, 0.5) is 0 Å². The molecule has 0 saturated carbocycles. The molecule has 2 aromatic carbocycles. The smallest absolute Gasteiger partial charge is 0.145 e. The van der Waals surface area contributed by atoms with Gasteiger partial charge in [-0.05, 0) is 17.5 Å². The third kappa shape index (κ3) is 4.28. The summed E-state index contributed by atoms with van der Waals surface area (Å²) < 4.78 is 0. The molecule has 0 spiro atoms. The summed E-state index contributed by atoms with van der Waals surface area (Å²) in [6, 6.07) is 20.2. The molecule has 0 aliphatic rings. The molecular weight excluding hydrogens is 264 g/mol. The van der Waals surface area contributed by atoms with E-state index in [1.807, 2.05) is 61.7 Å². The Bertz CT molecular complexity index is 564. The zero-order valence-corrected chi connectivity index (χ0v) is 12.3. The second-order valence-corrected chi connectivity index (χ2v) is 4.92. The summed E-state index contributed by atoms with van der Waals surface area (Å²) in [5.41, 5.74) is 2.19. The van der Waals surface area contributed by atoms with E-state index < -0.39 is 0 Å². The molecule has 0 bridgehead atoms. The average molecular weight is 282 g/mol. The molecule has 0 amide bonds. The SMILES string of the molecule is CCC(=S)NC(/N=C/c1ccccc1)c1ccccc1. The maximum absolute atomic E-state index is 5.28. The van der Waals surface area contributed by atoms with Gasteiger partial charge in [0.1, 0.15) is 6.17 Å². The highest BCUT2D eigenvalue weighted by atomic mass is 32.1. The Hall–Kier alpha value is -2.00. The third-order valence-electron chi connectivity index (χ3n) is 2.91. The van der Waals surface area contributed by atoms with Gasteiger partial charge in [0.25, 0.3) is 0 Å². The highest BCUT2D eigenvalue weighted by molar-refractivity contribution is 7.80. The molecule has 0 radical (unpaired) electrons. The van der Waals surface area contributed by atoms with Crippen LogP contribution in [0.25, 0.3) is 0 Å². The molecule has 0 aliphatic heterocycles. The van der Waals surface area contributed by atoms with Gasteiger partial charge >= 0.3 is 0 Å². The maximum Gasteiger partial charge on any atom is 0.145 e. The number of rotatable bonds is 5. The molecule has 1 N–H and O–H groups in total. The number of hydrogen-bond acceptors (Lipinski definition) is 2. The summed E-state index contributed by atoms with van der Waals surface area (Å²) in [6.45, 7) is 2.04. The lowest BCUT2D eigenvalue weighted by Gasteiger charge is -2.16. The van der Waals surface area contributed by atoms with Crippen molar-refractivity contribution in [2.24, 2.45) is 4.99 Å². The fraction of sp³-hybridized carbons (Fsp3) is 0.176. The van der Waals surface area contributed by atoms with Gasteiger partial charge in [0.2, 0.25) is 0 Å². The van der Waals surface area contributed by atoms with Gasteiger partial charge in [-0.25, -0.2) is 0 Å². The van der Waals surface area contributed by atoms with Gasteiger partial charge in [-0.3, -0.25) is 4.99 Å². The number of nitrogens with one attached hydrogen (secondary N) is 1. The van der Waals surface area contributed by atoms with Crippen molar-refractivity contribution in [2.45, 2.75) is 19.5 Å². The van der Waals surface area contributed by atoms with E-state index in [0.29, 0.717) is 0 Å². The molecule has 102 valence electrons. The molecule has 0 saturated heterocycles. The first-order valence-corrected chi connectivity index (χ1v) is 7.13. The highest BCUT2D eigenvalue weighted by Gasteiger charge is 2.08. The summed E-state index contributed by atoms with van der Waals surface area (Å²) in [4.78, 5) is 5.45. The van der Waals surface area contributed by atoms with Crippen LogP contribution in [0.3, 0.4) is 0 Å². The van der Waals surface area contributed by atoms with Gasteiger partial charge < -0.3 is 5.32 Å². The van der Waals surface area contributed by atoms with Crippen molar-refractivity contribution >= 4 is 23.4 Å². The molecule has 20 heavy (non-hydrogen) atoms. The van der Waals surface area contributed by atoms with Crippen LogP contribution in [0.15, 0.2) is 65.7 Å². The lowest BCUT2D eigenvalue weighted by molar-refractivity contribution is 0.686. The van der Waals surface area contributed by atoms with Crippen molar-refractivity contribution < 1.29 is 0 Å². The summed E-state index contributed by atoms with van der Waals surface area (Å²) in [7, 11) is 0. The molecular formula is C17H18N2S. The Morgan fingerprint density at radius 3 is 2.30 bits per heavy atom. The van der Waals surface area contributed by atoms with Gasteiger partial charge in [0.05, 0.1) is 4.99 Å². The van der Waals surface area contributed by atoms with E-state index >= 15 is 0 Å². The predicted molar refractivity (Wildman–Crippen MR) is 89.2 cm³/mol. The molecule has 2 rings (SSSR count). The molecule has 0 aliphatic carbocycles. The van der Waals surface area contributed by atoms with Crippen LogP contribution in [-0.2, 0) is 0 Å². The minimum atomic E-state index is -0.135. The molecule has 2 aromatic rings. The topological polar surface area (TPSA) is 24.4 Å². The number of nitrogens with zero attached hydrogens (tertiary/aromatic N) is 1. The monoisotopic (exact) mass is 282 g/mol. The Morgan fingerprint density at radius 1 is 1.10 bits per heavy atom. The van der Waals surface area contributed by atoms with Crippen molar-refractivity contribution in [1.29, 1.82) is 0 Å². The minimum Gasteiger partial charge on any atom is -0.355 e. The van der Waals surface area contributed by atoms with E-state index in [-0.39, 0.29) is 6.17 Å². The van der Waals surface area contributed by atoms with Crippen molar-refractivity contribution in [1.82, 2.24) is 5.32 Å².